The predicted molar refractivity (Wildman–Crippen MR) is 80.2 cm³/mol. The zero-order valence-corrected chi connectivity index (χ0v) is 11.8. The van der Waals surface area contributed by atoms with Gasteiger partial charge in [0.25, 0.3) is 5.91 Å². The van der Waals surface area contributed by atoms with Crippen LogP contribution < -0.4 is 5.73 Å². The fraction of sp³-hybridized carbons (Fsp3) is 0.250. The number of anilines is 1. The van der Waals surface area contributed by atoms with Gasteiger partial charge in [0.05, 0.1) is 12.2 Å². The second-order valence-electron chi connectivity index (χ2n) is 4.66. The summed E-state index contributed by atoms with van der Waals surface area (Å²) in [6.45, 7) is 4.97. The van der Waals surface area contributed by atoms with Crippen LogP contribution in [0.3, 0.4) is 0 Å². The molecule has 20 heavy (non-hydrogen) atoms. The minimum absolute atomic E-state index is 0.0112. The molecule has 2 N–H and O–H groups in total. The van der Waals surface area contributed by atoms with Gasteiger partial charge in [-0.05, 0) is 43.7 Å². The number of nitrogens with zero attached hydrogens (tertiary/aromatic N) is 2. The zero-order valence-electron chi connectivity index (χ0n) is 11.8. The monoisotopic (exact) mass is 269 g/mol. The minimum atomic E-state index is -0.0112. The first-order chi connectivity index (χ1) is 9.63. The molecular weight excluding hydrogens is 250 g/mol. The lowest BCUT2D eigenvalue weighted by Crippen LogP contribution is -2.31. The zero-order chi connectivity index (χ0) is 14.5. The van der Waals surface area contributed by atoms with Crippen LogP contribution in [0.2, 0.25) is 0 Å². The van der Waals surface area contributed by atoms with Gasteiger partial charge in [-0.2, -0.15) is 0 Å². The Hall–Kier alpha value is -2.36. The van der Waals surface area contributed by atoms with Crippen LogP contribution in [0.1, 0.15) is 28.5 Å². The molecule has 1 aromatic carbocycles. The number of pyridine rings is 1. The molecule has 0 saturated carbocycles. The average Bonchev–Trinajstić information content (AvgIpc) is 2.48. The highest BCUT2D eigenvalue weighted by atomic mass is 16.2. The van der Waals surface area contributed by atoms with Crippen LogP contribution in [-0.4, -0.2) is 22.3 Å². The maximum Gasteiger partial charge on any atom is 0.254 e. The molecule has 104 valence electrons. The van der Waals surface area contributed by atoms with Crippen molar-refractivity contribution in [3.8, 4) is 0 Å². The Labute approximate surface area is 119 Å². The van der Waals surface area contributed by atoms with E-state index < -0.39 is 0 Å². The fourth-order valence-electron chi connectivity index (χ4n) is 2.07. The lowest BCUT2D eigenvalue weighted by Gasteiger charge is -2.21. The van der Waals surface area contributed by atoms with E-state index in [-0.39, 0.29) is 5.91 Å². The first-order valence-corrected chi connectivity index (χ1v) is 6.67. The van der Waals surface area contributed by atoms with Crippen LogP contribution in [0, 0.1) is 6.92 Å². The van der Waals surface area contributed by atoms with Crippen LogP contribution in [0.4, 0.5) is 5.69 Å². The third-order valence-electron chi connectivity index (χ3n) is 3.35. The number of hydrogen-bond acceptors (Lipinski definition) is 3. The van der Waals surface area contributed by atoms with Gasteiger partial charge in [0.1, 0.15) is 0 Å². The molecule has 4 nitrogen and oxygen atoms in total. The van der Waals surface area contributed by atoms with E-state index in [0.717, 1.165) is 11.3 Å². The molecule has 0 radical (unpaired) electrons. The van der Waals surface area contributed by atoms with E-state index in [9.17, 15) is 4.79 Å². The molecule has 0 unspecified atom stereocenters. The first kappa shape index (κ1) is 14.1. The van der Waals surface area contributed by atoms with E-state index in [0.29, 0.717) is 24.3 Å². The number of amides is 1. The number of nitrogen functional groups attached to an aromatic ring is 1. The summed E-state index contributed by atoms with van der Waals surface area (Å²) >= 11 is 0. The van der Waals surface area contributed by atoms with E-state index in [4.69, 9.17) is 5.73 Å². The van der Waals surface area contributed by atoms with Crippen molar-refractivity contribution in [2.45, 2.75) is 20.4 Å². The van der Waals surface area contributed by atoms with Crippen molar-refractivity contribution < 1.29 is 4.79 Å². The van der Waals surface area contributed by atoms with E-state index in [1.54, 1.807) is 17.2 Å². The van der Waals surface area contributed by atoms with Crippen LogP contribution in [0.15, 0.2) is 42.6 Å². The van der Waals surface area contributed by atoms with Crippen molar-refractivity contribution in [1.82, 2.24) is 9.88 Å². The van der Waals surface area contributed by atoms with Gasteiger partial charge >= 0.3 is 0 Å². The number of nitrogens with two attached hydrogens (primary N) is 1. The molecule has 0 fully saturated rings. The highest BCUT2D eigenvalue weighted by Crippen LogP contribution is 2.18. The van der Waals surface area contributed by atoms with Gasteiger partial charge in [0.2, 0.25) is 0 Å². The van der Waals surface area contributed by atoms with Gasteiger partial charge < -0.3 is 10.6 Å². The molecule has 4 heteroatoms. The molecule has 0 aliphatic carbocycles. The SMILES string of the molecule is CCN(Cc1ccccn1)C(=O)c1cccc(N)c1C. The summed E-state index contributed by atoms with van der Waals surface area (Å²) in [7, 11) is 0. The summed E-state index contributed by atoms with van der Waals surface area (Å²) in [5.41, 5.74) is 8.88. The Morgan fingerprint density at radius 2 is 2.05 bits per heavy atom. The van der Waals surface area contributed by atoms with Crippen LogP contribution in [-0.2, 0) is 6.54 Å². The topological polar surface area (TPSA) is 59.2 Å². The molecule has 1 aromatic heterocycles. The Bertz CT molecular complexity index is 596. The van der Waals surface area contributed by atoms with E-state index in [1.165, 1.54) is 0 Å². The number of aromatic nitrogens is 1. The molecule has 0 spiro atoms. The van der Waals surface area contributed by atoms with Crippen LogP contribution >= 0.6 is 0 Å². The lowest BCUT2D eigenvalue weighted by molar-refractivity contribution is 0.0750. The number of carbonyl (C=O) groups excluding carboxylic acids is 1. The lowest BCUT2D eigenvalue weighted by atomic mass is 10.1. The maximum absolute atomic E-state index is 12.6. The number of carbonyl (C=O) groups is 1. The summed E-state index contributed by atoms with van der Waals surface area (Å²) in [4.78, 5) is 18.6. The Kier molecular flexibility index (Phi) is 4.35. The first-order valence-electron chi connectivity index (χ1n) is 6.67. The van der Waals surface area contributed by atoms with Gasteiger partial charge in [-0.3, -0.25) is 9.78 Å². The maximum atomic E-state index is 12.6. The van der Waals surface area contributed by atoms with Crippen molar-refractivity contribution in [3.05, 3.63) is 59.4 Å². The van der Waals surface area contributed by atoms with E-state index in [1.807, 2.05) is 44.2 Å². The summed E-state index contributed by atoms with van der Waals surface area (Å²) in [5.74, 6) is -0.0112. The fourth-order valence-corrected chi connectivity index (χ4v) is 2.07. The highest BCUT2D eigenvalue weighted by molar-refractivity contribution is 5.96. The molecular formula is C16H19N3O. The third kappa shape index (κ3) is 2.96. The molecule has 2 aromatic rings. The van der Waals surface area contributed by atoms with Crippen LogP contribution in [0.5, 0.6) is 0 Å². The summed E-state index contributed by atoms with van der Waals surface area (Å²) in [5, 5.41) is 0. The molecule has 2 rings (SSSR count). The summed E-state index contributed by atoms with van der Waals surface area (Å²) in [6, 6.07) is 11.1. The standard InChI is InChI=1S/C16H19N3O/c1-3-19(11-13-7-4-5-10-18-13)16(20)14-8-6-9-15(17)12(14)2/h4-10H,3,11,17H2,1-2H3. The number of benzene rings is 1. The molecule has 0 bridgehead atoms. The second kappa shape index (κ2) is 6.19. The molecule has 0 saturated heterocycles. The molecule has 0 aliphatic heterocycles. The minimum Gasteiger partial charge on any atom is -0.398 e. The van der Waals surface area contributed by atoms with E-state index >= 15 is 0 Å². The largest absolute Gasteiger partial charge is 0.398 e. The Morgan fingerprint density at radius 3 is 2.70 bits per heavy atom. The Balaban J connectivity index is 2.23. The van der Waals surface area contributed by atoms with Crippen molar-refractivity contribution in [2.24, 2.45) is 0 Å². The number of rotatable bonds is 4. The van der Waals surface area contributed by atoms with Gasteiger partial charge in [0, 0.05) is 24.0 Å². The van der Waals surface area contributed by atoms with Gasteiger partial charge in [0.15, 0.2) is 0 Å². The molecule has 0 aliphatic rings. The van der Waals surface area contributed by atoms with Gasteiger partial charge in [-0.1, -0.05) is 12.1 Å². The predicted octanol–water partition coefficient (Wildman–Crippen LogP) is 2.63. The second-order valence-corrected chi connectivity index (χ2v) is 4.66. The quantitative estimate of drug-likeness (QED) is 0.868. The third-order valence-corrected chi connectivity index (χ3v) is 3.35. The van der Waals surface area contributed by atoms with E-state index in [2.05, 4.69) is 4.98 Å². The Morgan fingerprint density at radius 1 is 1.25 bits per heavy atom. The van der Waals surface area contributed by atoms with Crippen LogP contribution in [0.25, 0.3) is 0 Å². The highest BCUT2D eigenvalue weighted by Gasteiger charge is 2.17. The van der Waals surface area contributed by atoms with Gasteiger partial charge in [-0.25, -0.2) is 0 Å². The normalized spacial score (nSPS) is 10.3. The molecule has 1 heterocycles. The molecule has 1 amide bonds. The van der Waals surface area contributed by atoms with Crippen molar-refractivity contribution in [3.63, 3.8) is 0 Å². The van der Waals surface area contributed by atoms with Crippen molar-refractivity contribution in [1.29, 1.82) is 0 Å². The summed E-state index contributed by atoms with van der Waals surface area (Å²) < 4.78 is 0. The van der Waals surface area contributed by atoms with Gasteiger partial charge in [-0.15, -0.1) is 0 Å². The van der Waals surface area contributed by atoms with Crippen molar-refractivity contribution >= 4 is 11.6 Å². The molecule has 0 atom stereocenters. The average molecular weight is 269 g/mol. The summed E-state index contributed by atoms with van der Waals surface area (Å²) in [6.07, 6.45) is 1.74. The van der Waals surface area contributed by atoms with Crippen molar-refractivity contribution in [2.75, 3.05) is 12.3 Å². The number of hydrogen-bond donors (Lipinski definition) is 1. The smallest absolute Gasteiger partial charge is 0.254 e.